The first-order chi connectivity index (χ1) is 9.37. The van der Waals surface area contributed by atoms with E-state index in [1.54, 1.807) is 6.20 Å². The summed E-state index contributed by atoms with van der Waals surface area (Å²) in [6.07, 6.45) is 3.08. The number of imidazole rings is 1. The third-order valence-electron chi connectivity index (χ3n) is 3.21. The molecule has 2 N–H and O–H groups in total. The molecule has 0 saturated carbocycles. The van der Waals surface area contributed by atoms with Crippen LogP contribution >= 0.6 is 24.8 Å². The highest BCUT2D eigenvalue weighted by atomic mass is 35.5. The Kier molecular flexibility index (Phi) is 8.28. The number of nitrogens with zero attached hydrogens (tertiary/aromatic N) is 2. The van der Waals surface area contributed by atoms with Crippen LogP contribution in [-0.2, 0) is 17.9 Å². The van der Waals surface area contributed by atoms with E-state index in [-0.39, 0.29) is 31.4 Å². The first kappa shape index (κ1) is 21.1. The molecule has 1 fully saturated rings. The number of hydrogen-bond acceptors (Lipinski definition) is 3. The number of aromatic nitrogens is 2. The molecule has 0 radical (unpaired) electrons. The Bertz CT molecular complexity index is 482. The van der Waals surface area contributed by atoms with Crippen molar-refractivity contribution < 1.29 is 13.6 Å². The number of nitrogens with one attached hydrogen (secondary N) is 2. The zero-order chi connectivity index (χ0) is 14.8. The maximum Gasteiger partial charge on any atom is 0.262 e. The van der Waals surface area contributed by atoms with E-state index in [9.17, 15) is 13.6 Å². The van der Waals surface area contributed by atoms with Crippen LogP contribution in [0.5, 0.6) is 0 Å². The molecule has 0 bridgehead atoms. The molecule has 0 aromatic carbocycles. The van der Waals surface area contributed by atoms with Gasteiger partial charge in [-0.25, -0.2) is 13.8 Å². The molecule has 1 aromatic heterocycles. The minimum Gasteiger partial charge on any atom is -0.348 e. The summed E-state index contributed by atoms with van der Waals surface area (Å²) in [5.74, 6) is -2.00. The van der Waals surface area contributed by atoms with Gasteiger partial charge in [0.2, 0.25) is 5.91 Å². The first-order valence-electron chi connectivity index (χ1n) is 6.76. The van der Waals surface area contributed by atoms with Crippen molar-refractivity contribution in [1.82, 2.24) is 20.2 Å². The SMILES string of the molecule is CC(C)Cn1ccnc1CNC(=O)C1CC(F)(F)CN1.Cl.Cl. The molecule has 1 aliphatic rings. The molecule has 0 aliphatic carbocycles. The van der Waals surface area contributed by atoms with E-state index in [1.165, 1.54) is 0 Å². The molecule has 5 nitrogen and oxygen atoms in total. The number of amides is 1. The summed E-state index contributed by atoms with van der Waals surface area (Å²) < 4.78 is 28.0. The molecular weight excluding hydrogens is 337 g/mol. The van der Waals surface area contributed by atoms with Gasteiger partial charge < -0.3 is 9.88 Å². The fourth-order valence-electron chi connectivity index (χ4n) is 2.26. The summed E-state index contributed by atoms with van der Waals surface area (Å²) in [5.41, 5.74) is 0. The fourth-order valence-corrected chi connectivity index (χ4v) is 2.26. The lowest BCUT2D eigenvalue weighted by Gasteiger charge is -2.13. The van der Waals surface area contributed by atoms with E-state index >= 15 is 0 Å². The zero-order valence-corrected chi connectivity index (χ0v) is 14.1. The van der Waals surface area contributed by atoms with Gasteiger partial charge in [0.05, 0.1) is 19.1 Å². The average Bonchev–Trinajstić information content (AvgIpc) is 2.92. The molecule has 1 aliphatic heterocycles. The van der Waals surface area contributed by atoms with Gasteiger partial charge in [-0.2, -0.15) is 0 Å². The summed E-state index contributed by atoms with van der Waals surface area (Å²) in [4.78, 5) is 16.0. The summed E-state index contributed by atoms with van der Waals surface area (Å²) in [6.45, 7) is 4.81. The lowest BCUT2D eigenvalue weighted by atomic mass is 10.2. The second-order valence-corrected chi connectivity index (χ2v) is 5.60. The van der Waals surface area contributed by atoms with Crippen LogP contribution in [0.4, 0.5) is 8.78 Å². The number of alkyl halides is 2. The highest BCUT2D eigenvalue weighted by molar-refractivity contribution is 5.85. The Balaban J connectivity index is 0.00000220. The average molecular weight is 359 g/mol. The van der Waals surface area contributed by atoms with E-state index in [1.807, 2.05) is 10.8 Å². The van der Waals surface area contributed by atoms with Crippen molar-refractivity contribution in [2.45, 2.75) is 45.3 Å². The number of carbonyl (C=O) groups excluding carboxylic acids is 1. The van der Waals surface area contributed by atoms with E-state index in [2.05, 4.69) is 29.5 Å². The number of carbonyl (C=O) groups is 1. The van der Waals surface area contributed by atoms with E-state index in [0.717, 1.165) is 12.4 Å². The fraction of sp³-hybridized carbons (Fsp3) is 0.692. The van der Waals surface area contributed by atoms with E-state index in [4.69, 9.17) is 0 Å². The standard InChI is InChI=1S/C13H20F2N4O.2ClH/c1-9(2)7-19-4-3-16-11(19)6-17-12(20)10-5-13(14,15)8-18-10;;/h3-4,9-10,18H,5-8H2,1-2H3,(H,17,20);2*1H. The molecule has 2 heterocycles. The highest BCUT2D eigenvalue weighted by Crippen LogP contribution is 2.25. The Morgan fingerprint density at radius 1 is 1.55 bits per heavy atom. The van der Waals surface area contributed by atoms with Crippen LogP contribution in [0.25, 0.3) is 0 Å². The van der Waals surface area contributed by atoms with Crippen molar-refractivity contribution in [3.63, 3.8) is 0 Å². The molecule has 128 valence electrons. The molecule has 2 rings (SSSR count). The number of hydrogen-bond donors (Lipinski definition) is 2. The molecule has 1 atom stereocenters. The molecule has 9 heteroatoms. The molecule has 1 unspecified atom stereocenters. The van der Waals surface area contributed by atoms with Gasteiger partial charge in [-0.1, -0.05) is 13.8 Å². The van der Waals surface area contributed by atoms with E-state index < -0.39 is 30.8 Å². The third kappa shape index (κ3) is 5.70. The van der Waals surface area contributed by atoms with Gasteiger partial charge in [0.1, 0.15) is 5.82 Å². The first-order valence-corrected chi connectivity index (χ1v) is 6.76. The summed E-state index contributed by atoms with van der Waals surface area (Å²) in [7, 11) is 0. The lowest BCUT2D eigenvalue weighted by molar-refractivity contribution is -0.123. The van der Waals surface area contributed by atoms with Crippen molar-refractivity contribution in [3.05, 3.63) is 18.2 Å². The molecule has 1 amide bonds. The summed E-state index contributed by atoms with van der Waals surface area (Å²) in [6, 6.07) is -0.821. The van der Waals surface area contributed by atoms with Crippen LogP contribution in [0, 0.1) is 5.92 Å². The second kappa shape index (κ2) is 8.64. The summed E-state index contributed by atoms with van der Waals surface area (Å²) in [5, 5.41) is 5.19. The Hall–Kier alpha value is -0.920. The molecule has 22 heavy (non-hydrogen) atoms. The Labute approximate surface area is 141 Å². The van der Waals surface area contributed by atoms with Gasteiger partial charge in [0.25, 0.3) is 5.92 Å². The second-order valence-electron chi connectivity index (χ2n) is 5.60. The monoisotopic (exact) mass is 358 g/mol. The van der Waals surface area contributed by atoms with E-state index in [0.29, 0.717) is 5.92 Å². The molecule has 1 aromatic rings. The molecular formula is C13H22Cl2F2N4O. The maximum atomic E-state index is 13.0. The van der Waals surface area contributed by atoms with Gasteiger partial charge in [-0.3, -0.25) is 10.1 Å². The Morgan fingerprint density at radius 3 is 2.77 bits per heavy atom. The number of rotatable bonds is 5. The smallest absolute Gasteiger partial charge is 0.262 e. The van der Waals surface area contributed by atoms with Crippen molar-refractivity contribution in [1.29, 1.82) is 0 Å². The quantitative estimate of drug-likeness (QED) is 0.846. The lowest BCUT2D eigenvalue weighted by Crippen LogP contribution is -2.40. The van der Waals surface area contributed by atoms with Crippen LogP contribution in [0.15, 0.2) is 12.4 Å². The van der Waals surface area contributed by atoms with Crippen LogP contribution in [0.2, 0.25) is 0 Å². The predicted octanol–water partition coefficient (Wildman–Crippen LogP) is 2.00. The van der Waals surface area contributed by atoms with Gasteiger partial charge in [-0.05, 0) is 5.92 Å². The maximum absolute atomic E-state index is 13.0. The van der Waals surface area contributed by atoms with Crippen molar-refractivity contribution in [3.8, 4) is 0 Å². The normalized spacial score (nSPS) is 19.4. The summed E-state index contributed by atoms with van der Waals surface area (Å²) >= 11 is 0. The highest BCUT2D eigenvalue weighted by Gasteiger charge is 2.42. The largest absolute Gasteiger partial charge is 0.348 e. The van der Waals surface area contributed by atoms with Crippen LogP contribution in [0.1, 0.15) is 26.1 Å². The third-order valence-corrected chi connectivity index (χ3v) is 3.21. The van der Waals surface area contributed by atoms with Crippen LogP contribution in [0.3, 0.4) is 0 Å². The minimum atomic E-state index is -2.79. The van der Waals surface area contributed by atoms with Crippen LogP contribution < -0.4 is 10.6 Å². The van der Waals surface area contributed by atoms with Crippen molar-refractivity contribution in [2.24, 2.45) is 5.92 Å². The van der Waals surface area contributed by atoms with Crippen molar-refractivity contribution >= 4 is 30.7 Å². The predicted molar refractivity (Wildman–Crippen MR) is 84.8 cm³/mol. The zero-order valence-electron chi connectivity index (χ0n) is 12.5. The number of halogens is 4. The van der Waals surface area contributed by atoms with Gasteiger partial charge in [-0.15, -0.1) is 24.8 Å². The van der Waals surface area contributed by atoms with Crippen molar-refractivity contribution in [2.75, 3.05) is 6.54 Å². The topological polar surface area (TPSA) is 59.0 Å². The Morgan fingerprint density at radius 2 is 2.23 bits per heavy atom. The molecule has 1 saturated heterocycles. The van der Waals surface area contributed by atoms with Gasteiger partial charge >= 0.3 is 0 Å². The van der Waals surface area contributed by atoms with Gasteiger partial charge in [0.15, 0.2) is 0 Å². The van der Waals surface area contributed by atoms with Crippen LogP contribution in [-0.4, -0.2) is 34.0 Å². The minimum absolute atomic E-state index is 0. The molecule has 0 spiro atoms. The van der Waals surface area contributed by atoms with Gasteiger partial charge in [0, 0.05) is 25.4 Å².